The van der Waals surface area contributed by atoms with Crippen molar-refractivity contribution in [3.8, 4) is 17.2 Å². The first kappa shape index (κ1) is 31.7. The van der Waals surface area contributed by atoms with Gasteiger partial charge in [0.05, 0.1) is 17.1 Å². The van der Waals surface area contributed by atoms with Gasteiger partial charge in [0.1, 0.15) is 29.3 Å². The van der Waals surface area contributed by atoms with Gasteiger partial charge in [-0.05, 0) is 54.7 Å². The number of aromatic nitrogens is 1. The third-order valence-electron chi connectivity index (χ3n) is 7.84. The smallest absolute Gasteiger partial charge is 0.408 e. The molecule has 1 heterocycles. The number of fused-ring (bicyclic) bond motifs is 1. The molecule has 232 valence electrons. The van der Waals surface area contributed by atoms with Crippen LogP contribution in [0.2, 0.25) is 5.02 Å². The molecule has 1 amide bonds. The summed E-state index contributed by atoms with van der Waals surface area (Å²) in [5.74, 6) is -6.53. The van der Waals surface area contributed by atoms with Crippen LogP contribution in [0.1, 0.15) is 40.7 Å². The Morgan fingerprint density at radius 1 is 1.07 bits per heavy atom. The lowest BCUT2D eigenvalue weighted by atomic mass is 9.79. The summed E-state index contributed by atoms with van der Waals surface area (Å²) >= 11 is 6.41. The zero-order chi connectivity index (χ0) is 32.5. The van der Waals surface area contributed by atoms with Crippen LogP contribution in [0, 0.1) is 28.9 Å². The van der Waals surface area contributed by atoms with Crippen molar-refractivity contribution in [2.45, 2.75) is 43.9 Å². The highest BCUT2D eigenvalue weighted by Crippen LogP contribution is 2.39. The molecule has 4 aromatic rings. The van der Waals surface area contributed by atoms with Gasteiger partial charge in [-0.25, -0.2) is 13.6 Å². The fourth-order valence-corrected chi connectivity index (χ4v) is 5.66. The molecule has 0 saturated heterocycles. The van der Waals surface area contributed by atoms with E-state index in [9.17, 15) is 36.6 Å². The van der Waals surface area contributed by atoms with Crippen molar-refractivity contribution in [1.82, 2.24) is 10.3 Å². The Morgan fingerprint density at radius 3 is 2.33 bits per heavy atom. The number of pyridine rings is 1. The molecular weight excluding hydrogens is 619 g/mol. The number of amides is 1. The van der Waals surface area contributed by atoms with Gasteiger partial charge in [0.15, 0.2) is 0 Å². The SMILES string of the molecule is N#Cc1ccc(-c2ccc(C[C@H](NC(=O)c3c(F)cc(N[C@H](C4CCC4)C(F)(F)F)cc3F)C(=O)O)c3cccnc23)c(Cl)c1. The van der Waals surface area contributed by atoms with Crippen LogP contribution < -0.4 is 10.6 Å². The van der Waals surface area contributed by atoms with Crippen molar-refractivity contribution in [2.24, 2.45) is 5.92 Å². The number of hydrogen-bond acceptors (Lipinski definition) is 5. The first-order valence-corrected chi connectivity index (χ1v) is 14.2. The number of aliphatic carboxylic acids is 1. The number of benzene rings is 3. The maximum absolute atomic E-state index is 15.0. The maximum Gasteiger partial charge on any atom is 0.408 e. The summed E-state index contributed by atoms with van der Waals surface area (Å²) in [7, 11) is 0. The molecule has 45 heavy (non-hydrogen) atoms. The fourth-order valence-electron chi connectivity index (χ4n) is 5.37. The monoisotopic (exact) mass is 642 g/mol. The topological polar surface area (TPSA) is 115 Å². The summed E-state index contributed by atoms with van der Waals surface area (Å²) in [6, 6.07) is 10.8. The molecule has 0 bridgehead atoms. The Bertz CT molecular complexity index is 1820. The van der Waals surface area contributed by atoms with Crippen molar-refractivity contribution in [3.63, 3.8) is 0 Å². The van der Waals surface area contributed by atoms with Gasteiger partial charge in [-0.15, -0.1) is 0 Å². The van der Waals surface area contributed by atoms with Crippen LogP contribution in [0.4, 0.5) is 27.6 Å². The van der Waals surface area contributed by atoms with Gasteiger partial charge in [0, 0.05) is 39.8 Å². The second-order valence-corrected chi connectivity index (χ2v) is 11.1. The van der Waals surface area contributed by atoms with E-state index >= 15 is 0 Å². The Kier molecular flexibility index (Phi) is 8.93. The molecule has 1 aliphatic rings. The molecule has 3 N–H and O–H groups in total. The molecule has 1 fully saturated rings. The molecule has 1 aliphatic carbocycles. The number of carbonyl (C=O) groups is 2. The van der Waals surface area contributed by atoms with E-state index in [4.69, 9.17) is 16.9 Å². The van der Waals surface area contributed by atoms with Crippen molar-refractivity contribution >= 4 is 40.1 Å². The summed E-state index contributed by atoms with van der Waals surface area (Å²) in [5.41, 5.74) is 0.805. The Balaban J connectivity index is 1.39. The third-order valence-corrected chi connectivity index (χ3v) is 8.15. The number of nitriles is 1. The van der Waals surface area contributed by atoms with Gasteiger partial charge in [0.2, 0.25) is 0 Å². The first-order valence-electron chi connectivity index (χ1n) is 13.8. The van der Waals surface area contributed by atoms with Gasteiger partial charge in [-0.2, -0.15) is 18.4 Å². The number of halogens is 6. The number of alkyl halides is 3. The predicted octanol–water partition coefficient (Wildman–Crippen LogP) is 7.27. The normalized spacial score (nSPS) is 14.7. The minimum Gasteiger partial charge on any atom is -0.480 e. The lowest BCUT2D eigenvalue weighted by Crippen LogP contribution is -2.45. The van der Waals surface area contributed by atoms with E-state index in [-0.39, 0.29) is 6.42 Å². The molecule has 0 spiro atoms. The average Bonchev–Trinajstić information content (AvgIpc) is 2.95. The van der Waals surface area contributed by atoms with Crippen LogP contribution in [0.5, 0.6) is 0 Å². The van der Waals surface area contributed by atoms with Crippen molar-refractivity contribution in [1.29, 1.82) is 5.26 Å². The number of anilines is 1. The van der Waals surface area contributed by atoms with Crippen LogP contribution in [-0.2, 0) is 11.2 Å². The lowest BCUT2D eigenvalue weighted by molar-refractivity contribution is -0.159. The maximum atomic E-state index is 15.0. The predicted molar refractivity (Wildman–Crippen MR) is 157 cm³/mol. The molecule has 7 nitrogen and oxygen atoms in total. The highest BCUT2D eigenvalue weighted by molar-refractivity contribution is 6.33. The molecule has 2 atom stereocenters. The summed E-state index contributed by atoms with van der Waals surface area (Å²) in [5, 5.41) is 24.1. The Labute approximate surface area is 258 Å². The van der Waals surface area contributed by atoms with E-state index in [1.807, 2.05) is 6.07 Å². The van der Waals surface area contributed by atoms with Gasteiger partial charge < -0.3 is 15.7 Å². The van der Waals surface area contributed by atoms with Crippen molar-refractivity contribution in [3.05, 3.63) is 94.1 Å². The van der Waals surface area contributed by atoms with Crippen LogP contribution in [0.25, 0.3) is 22.0 Å². The second-order valence-electron chi connectivity index (χ2n) is 10.7. The van der Waals surface area contributed by atoms with Gasteiger partial charge in [-0.1, -0.05) is 42.3 Å². The Morgan fingerprint density at radius 2 is 1.76 bits per heavy atom. The molecule has 1 saturated carbocycles. The number of nitrogens with one attached hydrogen (secondary N) is 2. The zero-order valence-corrected chi connectivity index (χ0v) is 24.0. The molecule has 13 heteroatoms. The summed E-state index contributed by atoms with van der Waals surface area (Å²) < 4.78 is 70.6. The number of hydrogen-bond donors (Lipinski definition) is 3. The number of carboxylic acids is 1. The van der Waals surface area contributed by atoms with E-state index in [1.54, 1.807) is 36.4 Å². The molecular formula is C32H24ClF5N4O3. The van der Waals surface area contributed by atoms with E-state index in [2.05, 4.69) is 15.6 Å². The first-order chi connectivity index (χ1) is 21.4. The van der Waals surface area contributed by atoms with Gasteiger partial charge in [-0.3, -0.25) is 9.78 Å². The largest absolute Gasteiger partial charge is 0.480 e. The standard InChI is InChI=1S/C32H24ClF5N4O3/c33-23-11-16(15-39)6-8-21(23)22-9-7-18(20-5-2-10-40-28(20)22)12-26(31(44)45)42-30(43)27-24(34)13-19(14-25(27)35)41-29(32(36,37)38)17-3-1-4-17/h2,5-11,13-14,17,26,29,41H,1,3-4,12H2,(H,42,43)(H,44,45)/t26-,29+/m0/s1. The van der Waals surface area contributed by atoms with Crippen LogP contribution in [-0.4, -0.2) is 40.2 Å². The molecule has 0 radical (unpaired) electrons. The van der Waals surface area contributed by atoms with Crippen LogP contribution in [0.15, 0.2) is 60.8 Å². The quantitative estimate of drug-likeness (QED) is 0.165. The zero-order valence-electron chi connectivity index (χ0n) is 23.3. The minimum absolute atomic E-state index is 0.298. The number of rotatable bonds is 9. The van der Waals surface area contributed by atoms with Gasteiger partial charge in [0.25, 0.3) is 5.91 Å². The van der Waals surface area contributed by atoms with Crippen molar-refractivity contribution < 1.29 is 36.6 Å². The van der Waals surface area contributed by atoms with Gasteiger partial charge >= 0.3 is 12.1 Å². The lowest BCUT2D eigenvalue weighted by Gasteiger charge is -2.36. The van der Waals surface area contributed by atoms with Crippen molar-refractivity contribution in [2.75, 3.05) is 5.32 Å². The number of carboxylic acid groups (broad SMARTS) is 1. The molecule has 3 aromatic carbocycles. The van der Waals surface area contributed by atoms with Crippen LogP contribution in [0.3, 0.4) is 0 Å². The fraction of sp³-hybridized carbons (Fsp3) is 0.250. The summed E-state index contributed by atoms with van der Waals surface area (Å²) in [6.45, 7) is 0. The average molecular weight is 643 g/mol. The van der Waals surface area contributed by atoms with E-state index in [0.29, 0.717) is 69.6 Å². The Hall–Kier alpha value is -4.76. The second kappa shape index (κ2) is 12.7. The van der Waals surface area contributed by atoms with E-state index in [1.165, 1.54) is 12.3 Å². The highest BCUT2D eigenvalue weighted by Gasteiger charge is 2.46. The molecule has 5 rings (SSSR count). The summed E-state index contributed by atoms with van der Waals surface area (Å²) in [6.07, 6.45) is -2.19. The van der Waals surface area contributed by atoms with E-state index in [0.717, 1.165) is 0 Å². The molecule has 0 unspecified atom stereocenters. The minimum atomic E-state index is -4.66. The third kappa shape index (κ3) is 6.68. The van der Waals surface area contributed by atoms with E-state index < -0.39 is 58.9 Å². The molecule has 1 aromatic heterocycles. The summed E-state index contributed by atoms with van der Waals surface area (Å²) in [4.78, 5) is 29.5. The highest BCUT2D eigenvalue weighted by atomic mass is 35.5. The number of nitrogens with zero attached hydrogens (tertiary/aromatic N) is 2. The number of carbonyl (C=O) groups excluding carboxylic acids is 1. The van der Waals surface area contributed by atoms with Crippen LogP contribution >= 0.6 is 11.6 Å². The molecule has 0 aliphatic heterocycles.